The number of carbonyl (C=O) groups is 2. The highest BCUT2D eigenvalue weighted by molar-refractivity contribution is 5.92. The fraction of sp³-hybridized carbons (Fsp3) is 0.579. The summed E-state index contributed by atoms with van der Waals surface area (Å²) in [7, 11) is 0. The number of ether oxygens (including phenoxy) is 1. The van der Waals surface area contributed by atoms with Crippen LogP contribution in [0.1, 0.15) is 79.5 Å². The molecular formula is C19H28O4. The Bertz CT molecular complexity index is 479. The quantitative estimate of drug-likeness (QED) is 0.464. The van der Waals surface area contributed by atoms with Gasteiger partial charge in [-0.25, -0.2) is 9.59 Å². The highest BCUT2D eigenvalue weighted by atomic mass is 16.5. The summed E-state index contributed by atoms with van der Waals surface area (Å²) >= 11 is 0. The van der Waals surface area contributed by atoms with E-state index in [-0.39, 0.29) is 11.5 Å². The number of benzene rings is 1. The molecular weight excluding hydrogens is 292 g/mol. The van der Waals surface area contributed by atoms with Gasteiger partial charge in [0.25, 0.3) is 0 Å². The molecule has 128 valence electrons. The van der Waals surface area contributed by atoms with Crippen LogP contribution in [-0.2, 0) is 4.74 Å². The molecule has 0 spiro atoms. The zero-order valence-corrected chi connectivity index (χ0v) is 14.2. The van der Waals surface area contributed by atoms with Crippen LogP contribution in [0.5, 0.6) is 0 Å². The van der Waals surface area contributed by atoms with E-state index in [1.165, 1.54) is 56.4 Å². The molecule has 0 amide bonds. The average molecular weight is 320 g/mol. The number of carbonyl (C=O) groups excluding carboxylic acids is 1. The number of unbranched alkanes of at least 4 members (excludes halogenated alkanes) is 3. The van der Waals surface area contributed by atoms with Crippen molar-refractivity contribution in [2.45, 2.75) is 58.8 Å². The van der Waals surface area contributed by atoms with Crippen LogP contribution in [-0.4, -0.2) is 23.7 Å². The van der Waals surface area contributed by atoms with Crippen molar-refractivity contribution in [3.05, 3.63) is 35.4 Å². The van der Waals surface area contributed by atoms with E-state index in [1.54, 1.807) is 0 Å². The number of carboxylic acids is 1. The largest absolute Gasteiger partial charge is 0.478 e. The van der Waals surface area contributed by atoms with Gasteiger partial charge in [-0.15, -0.1) is 0 Å². The number of hydrogen-bond acceptors (Lipinski definition) is 3. The molecule has 1 aromatic rings. The predicted molar refractivity (Wildman–Crippen MR) is 90.8 cm³/mol. The summed E-state index contributed by atoms with van der Waals surface area (Å²) in [6, 6.07) is 5.82. The SMILES string of the molecule is CCCCCCC(CC)CCOC(=O)c1ccc(C(=O)O)cc1. The lowest BCUT2D eigenvalue weighted by Crippen LogP contribution is -2.10. The van der Waals surface area contributed by atoms with Crippen LogP contribution >= 0.6 is 0 Å². The van der Waals surface area contributed by atoms with Gasteiger partial charge < -0.3 is 9.84 Å². The minimum atomic E-state index is -1.00. The molecule has 1 rings (SSSR count). The van der Waals surface area contributed by atoms with Crippen molar-refractivity contribution in [2.75, 3.05) is 6.61 Å². The Morgan fingerprint density at radius 3 is 2.22 bits per heavy atom. The summed E-state index contributed by atoms with van der Waals surface area (Å²) in [4.78, 5) is 22.7. The van der Waals surface area contributed by atoms with Crippen molar-refractivity contribution in [3.8, 4) is 0 Å². The van der Waals surface area contributed by atoms with Gasteiger partial charge in [0.2, 0.25) is 0 Å². The van der Waals surface area contributed by atoms with E-state index in [9.17, 15) is 9.59 Å². The van der Waals surface area contributed by atoms with Gasteiger partial charge in [-0.1, -0.05) is 52.4 Å². The topological polar surface area (TPSA) is 63.6 Å². The number of carboxylic acid groups (broad SMARTS) is 1. The van der Waals surface area contributed by atoms with E-state index >= 15 is 0 Å². The first-order valence-electron chi connectivity index (χ1n) is 8.58. The molecule has 4 nitrogen and oxygen atoms in total. The molecule has 1 aromatic carbocycles. The van der Waals surface area contributed by atoms with Crippen LogP contribution in [0.25, 0.3) is 0 Å². The molecule has 0 bridgehead atoms. The van der Waals surface area contributed by atoms with Crippen molar-refractivity contribution >= 4 is 11.9 Å². The molecule has 0 fully saturated rings. The van der Waals surface area contributed by atoms with Crippen LogP contribution in [0.3, 0.4) is 0 Å². The molecule has 0 heterocycles. The standard InChI is InChI=1S/C19H28O4/c1-3-5-6-7-8-15(4-2)13-14-23-19(22)17-11-9-16(10-12-17)18(20)21/h9-12,15H,3-8,13-14H2,1-2H3,(H,20,21). The lowest BCUT2D eigenvalue weighted by molar-refractivity contribution is 0.0478. The van der Waals surface area contributed by atoms with Gasteiger partial charge in [-0.2, -0.15) is 0 Å². The van der Waals surface area contributed by atoms with Gasteiger partial charge in [-0.3, -0.25) is 0 Å². The third kappa shape index (κ3) is 7.31. The van der Waals surface area contributed by atoms with E-state index < -0.39 is 5.97 Å². The Morgan fingerprint density at radius 1 is 1.00 bits per heavy atom. The average Bonchev–Trinajstić information content (AvgIpc) is 2.56. The summed E-state index contributed by atoms with van der Waals surface area (Å²) in [5, 5.41) is 8.83. The maximum absolute atomic E-state index is 11.9. The van der Waals surface area contributed by atoms with Crippen LogP contribution in [0.15, 0.2) is 24.3 Å². The highest BCUT2D eigenvalue weighted by Gasteiger charge is 2.11. The molecule has 1 unspecified atom stereocenters. The second-order valence-electron chi connectivity index (χ2n) is 5.93. The zero-order chi connectivity index (χ0) is 17.1. The Kier molecular flexibility index (Phi) is 9.03. The zero-order valence-electron chi connectivity index (χ0n) is 14.2. The van der Waals surface area contributed by atoms with Gasteiger partial charge in [0.1, 0.15) is 0 Å². The van der Waals surface area contributed by atoms with Crippen LogP contribution in [0.2, 0.25) is 0 Å². The normalized spacial score (nSPS) is 11.9. The first-order valence-corrected chi connectivity index (χ1v) is 8.58. The third-order valence-corrected chi connectivity index (χ3v) is 4.17. The van der Waals surface area contributed by atoms with Gasteiger partial charge >= 0.3 is 11.9 Å². The Hall–Kier alpha value is -1.84. The fourth-order valence-electron chi connectivity index (χ4n) is 2.56. The Balaban J connectivity index is 2.32. The van der Waals surface area contributed by atoms with Gasteiger partial charge in [0.15, 0.2) is 0 Å². The Labute approximate surface area is 138 Å². The maximum Gasteiger partial charge on any atom is 0.338 e. The van der Waals surface area contributed by atoms with Gasteiger partial charge in [0.05, 0.1) is 17.7 Å². The minimum absolute atomic E-state index is 0.166. The van der Waals surface area contributed by atoms with Crippen molar-refractivity contribution in [2.24, 2.45) is 5.92 Å². The molecule has 0 saturated heterocycles. The molecule has 4 heteroatoms. The number of esters is 1. The molecule has 0 saturated carbocycles. The smallest absolute Gasteiger partial charge is 0.338 e. The predicted octanol–water partition coefficient (Wildman–Crippen LogP) is 4.93. The summed E-state index contributed by atoms with van der Waals surface area (Å²) in [6.07, 6.45) is 8.26. The minimum Gasteiger partial charge on any atom is -0.478 e. The fourth-order valence-corrected chi connectivity index (χ4v) is 2.56. The van der Waals surface area contributed by atoms with E-state index in [1.807, 2.05) is 0 Å². The van der Waals surface area contributed by atoms with E-state index in [2.05, 4.69) is 13.8 Å². The maximum atomic E-state index is 11.9. The lowest BCUT2D eigenvalue weighted by atomic mass is 9.95. The summed E-state index contributed by atoms with van der Waals surface area (Å²) < 4.78 is 5.30. The number of aromatic carboxylic acids is 1. The first kappa shape index (κ1) is 19.2. The molecule has 0 aliphatic carbocycles. The van der Waals surface area contributed by atoms with Crippen molar-refractivity contribution < 1.29 is 19.4 Å². The van der Waals surface area contributed by atoms with Gasteiger partial charge in [0, 0.05) is 0 Å². The molecule has 0 aliphatic rings. The molecule has 23 heavy (non-hydrogen) atoms. The molecule has 1 N–H and O–H groups in total. The van der Waals surface area contributed by atoms with Crippen molar-refractivity contribution in [3.63, 3.8) is 0 Å². The van der Waals surface area contributed by atoms with E-state index in [0.29, 0.717) is 18.1 Å². The molecule has 1 atom stereocenters. The second-order valence-corrected chi connectivity index (χ2v) is 5.93. The lowest BCUT2D eigenvalue weighted by Gasteiger charge is -2.14. The van der Waals surface area contributed by atoms with E-state index in [0.717, 1.165) is 12.8 Å². The second kappa shape index (κ2) is 10.8. The highest BCUT2D eigenvalue weighted by Crippen LogP contribution is 2.18. The summed E-state index contributed by atoms with van der Waals surface area (Å²) in [5.41, 5.74) is 0.561. The van der Waals surface area contributed by atoms with Crippen LogP contribution < -0.4 is 0 Å². The number of hydrogen-bond donors (Lipinski definition) is 1. The van der Waals surface area contributed by atoms with Gasteiger partial charge in [-0.05, 0) is 36.6 Å². The van der Waals surface area contributed by atoms with E-state index in [4.69, 9.17) is 9.84 Å². The molecule has 0 radical (unpaired) electrons. The summed E-state index contributed by atoms with van der Waals surface area (Å²) in [6.45, 7) is 4.81. The molecule has 0 aliphatic heterocycles. The van der Waals surface area contributed by atoms with Crippen molar-refractivity contribution in [1.82, 2.24) is 0 Å². The summed E-state index contributed by atoms with van der Waals surface area (Å²) in [5.74, 6) is -0.782. The Morgan fingerprint density at radius 2 is 1.65 bits per heavy atom. The van der Waals surface area contributed by atoms with Crippen molar-refractivity contribution in [1.29, 1.82) is 0 Å². The number of rotatable bonds is 11. The van der Waals surface area contributed by atoms with Crippen LogP contribution in [0, 0.1) is 5.92 Å². The molecule has 0 aromatic heterocycles. The third-order valence-electron chi connectivity index (χ3n) is 4.17. The van der Waals surface area contributed by atoms with Crippen LogP contribution in [0.4, 0.5) is 0 Å². The monoisotopic (exact) mass is 320 g/mol. The first-order chi connectivity index (χ1) is 11.1.